The van der Waals surface area contributed by atoms with Crippen LogP contribution in [-0.4, -0.2) is 25.7 Å². The van der Waals surface area contributed by atoms with Gasteiger partial charge < -0.3 is 25.1 Å². The largest absolute Gasteiger partial charge is 0.506 e. The quantitative estimate of drug-likeness (QED) is 0.290. The highest BCUT2D eigenvalue weighted by Gasteiger charge is 2.23. The maximum atomic E-state index is 12.4. The van der Waals surface area contributed by atoms with Gasteiger partial charge in [0, 0.05) is 41.3 Å². The number of hydrogen-bond donors (Lipinski definition) is 4. The topological polar surface area (TPSA) is 107 Å². The molecule has 0 amide bonds. The van der Waals surface area contributed by atoms with Crippen LogP contribution < -0.4 is 10.9 Å². The number of aromatic nitrogens is 2. The number of pyridine rings is 1. The molecule has 0 spiro atoms. The number of fused-ring (bicyclic) bond motifs is 1. The van der Waals surface area contributed by atoms with Gasteiger partial charge in [0.15, 0.2) is 5.56 Å². The van der Waals surface area contributed by atoms with Crippen LogP contribution in [0.5, 0.6) is 5.75 Å². The highest BCUT2D eigenvalue weighted by molar-refractivity contribution is 5.92. The fourth-order valence-corrected chi connectivity index (χ4v) is 4.42. The predicted octanol–water partition coefficient (Wildman–Crippen LogP) is 4.95. The first-order chi connectivity index (χ1) is 16.1. The summed E-state index contributed by atoms with van der Waals surface area (Å²) < 4.78 is 2.13. The van der Waals surface area contributed by atoms with Gasteiger partial charge in [-0.15, -0.1) is 12.4 Å². The molecule has 0 aliphatic heterocycles. The van der Waals surface area contributed by atoms with Gasteiger partial charge in [-0.05, 0) is 49.6 Å². The van der Waals surface area contributed by atoms with Crippen LogP contribution in [0, 0.1) is 0 Å². The molecule has 0 aliphatic carbocycles. The number of nitrogens with one attached hydrogen (secondary N) is 2. The van der Waals surface area contributed by atoms with Crippen molar-refractivity contribution in [3.63, 3.8) is 0 Å². The number of H-pyrrole nitrogens is 1. The number of carboxylic acids is 1. The number of benzene rings is 2. The first-order valence-electron chi connectivity index (χ1n) is 11.2. The van der Waals surface area contributed by atoms with Crippen molar-refractivity contribution in [3.8, 4) is 17.0 Å². The van der Waals surface area contributed by atoms with Crippen LogP contribution in [0.2, 0.25) is 0 Å². The van der Waals surface area contributed by atoms with Gasteiger partial charge >= 0.3 is 5.97 Å². The number of carbonyl (C=O) groups is 1. The van der Waals surface area contributed by atoms with E-state index in [0.717, 1.165) is 16.6 Å². The minimum atomic E-state index is -1.45. The smallest absolute Gasteiger partial charge is 0.345 e. The Morgan fingerprint density at radius 2 is 1.80 bits per heavy atom. The molecule has 2 aromatic carbocycles. The summed E-state index contributed by atoms with van der Waals surface area (Å²) in [6.45, 7) is 6.77. The second-order valence-corrected chi connectivity index (χ2v) is 9.00. The number of halogens is 1. The second-order valence-electron chi connectivity index (χ2n) is 9.00. The van der Waals surface area contributed by atoms with Crippen LogP contribution in [0.1, 0.15) is 48.0 Å². The maximum absolute atomic E-state index is 12.4. The van der Waals surface area contributed by atoms with E-state index in [1.165, 1.54) is 5.56 Å². The van der Waals surface area contributed by atoms with Crippen LogP contribution in [0.25, 0.3) is 22.2 Å². The van der Waals surface area contributed by atoms with Crippen LogP contribution in [0.15, 0.2) is 59.4 Å². The number of aryl methyl sites for hydroxylation is 1. The number of aromatic carboxylic acids is 1. The fourth-order valence-electron chi connectivity index (χ4n) is 4.42. The van der Waals surface area contributed by atoms with E-state index in [4.69, 9.17) is 0 Å². The van der Waals surface area contributed by atoms with E-state index in [0.29, 0.717) is 29.8 Å². The van der Waals surface area contributed by atoms with Crippen LogP contribution in [0.3, 0.4) is 0 Å². The summed E-state index contributed by atoms with van der Waals surface area (Å²) in [7, 11) is 2.02. The van der Waals surface area contributed by atoms with Crippen molar-refractivity contribution < 1.29 is 15.0 Å². The molecule has 2 aromatic heterocycles. The van der Waals surface area contributed by atoms with Gasteiger partial charge in [0.1, 0.15) is 5.75 Å². The Kier molecular flexibility index (Phi) is 7.43. The molecule has 184 valence electrons. The molecular weight excluding hydrogens is 466 g/mol. The molecule has 4 aromatic rings. The lowest BCUT2D eigenvalue weighted by atomic mass is 9.94. The molecule has 2 heterocycles. The van der Waals surface area contributed by atoms with Crippen molar-refractivity contribution in [1.82, 2.24) is 14.9 Å². The first-order valence-corrected chi connectivity index (χ1v) is 11.2. The summed E-state index contributed by atoms with van der Waals surface area (Å²) in [5.41, 5.74) is 3.23. The molecule has 0 saturated heterocycles. The van der Waals surface area contributed by atoms with E-state index in [1.54, 1.807) is 0 Å². The molecule has 8 heteroatoms. The Balaban J connectivity index is 0.00000342. The summed E-state index contributed by atoms with van der Waals surface area (Å²) in [4.78, 5) is 26.4. The zero-order chi connectivity index (χ0) is 24.6. The van der Waals surface area contributed by atoms with E-state index in [-0.39, 0.29) is 17.9 Å². The summed E-state index contributed by atoms with van der Waals surface area (Å²) in [6, 6.07) is 18.2. The highest BCUT2D eigenvalue weighted by atomic mass is 35.5. The molecule has 4 rings (SSSR count). The number of aromatic hydroxyl groups is 1. The third-order valence-electron chi connectivity index (χ3n) is 6.49. The van der Waals surface area contributed by atoms with Crippen molar-refractivity contribution in [2.75, 3.05) is 0 Å². The minimum absolute atomic E-state index is 0. The number of nitrogens with zero attached hydrogens (tertiary/aromatic N) is 1. The molecule has 0 saturated carbocycles. The molecule has 0 atom stereocenters. The summed E-state index contributed by atoms with van der Waals surface area (Å²) in [5, 5.41) is 24.4. The average Bonchev–Trinajstić information content (AvgIpc) is 3.12. The molecule has 0 radical (unpaired) electrons. The Morgan fingerprint density at radius 1 is 1.11 bits per heavy atom. The van der Waals surface area contributed by atoms with E-state index < -0.39 is 22.8 Å². The molecule has 0 fully saturated rings. The highest BCUT2D eigenvalue weighted by Crippen LogP contribution is 2.32. The Hall–Kier alpha value is -3.55. The third-order valence-corrected chi connectivity index (χ3v) is 6.49. The van der Waals surface area contributed by atoms with Crippen LogP contribution in [0.4, 0.5) is 0 Å². The second kappa shape index (κ2) is 9.98. The van der Waals surface area contributed by atoms with Crippen molar-refractivity contribution in [3.05, 3.63) is 87.3 Å². The lowest BCUT2D eigenvalue weighted by Gasteiger charge is -2.27. The zero-order valence-corrected chi connectivity index (χ0v) is 21.0. The van der Waals surface area contributed by atoms with E-state index in [9.17, 15) is 19.8 Å². The number of aromatic amines is 1. The minimum Gasteiger partial charge on any atom is -0.506 e. The summed E-state index contributed by atoms with van der Waals surface area (Å²) in [5.74, 6) is -1.93. The lowest BCUT2D eigenvalue weighted by Crippen LogP contribution is -2.36. The molecular formula is C27H30ClN3O4. The predicted molar refractivity (Wildman–Crippen MR) is 141 cm³/mol. The van der Waals surface area contributed by atoms with Gasteiger partial charge in [-0.3, -0.25) is 4.79 Å². The standard InChI is InChI=1S/C27H29N3O4.ClH/c1-5-20-23(29-25(32)22(24(20)31)26(33)34)16-11-12-21-17(13-16)14-19(30(21)4)15-28-27(2,3)18-9-7-6-8-10-18;/h6-14,28H,5,15H2,1-4H3,(H,33,34)(H2,29,31,32);1H. The van der Waals surface area contributed by atoms with Gasteiger partial charge in [0.05, 0.1) is 5.69 Å². The monoisotopic (exact) mass is 495 g/mol. The van der Waals surface area contributed by atoms with E-state index in [1.807, 2.05) is 50.4 Å². The van der Waals surface area contributed by atoms with Crippen molar-refractivity contribution in [2.24, 2.45) is 7.05 Å². The van der Waals surface area contributed by atoms with E-state index in [2.05, 4.69) is 46.9 Å². The molecule has 7 nitrogen and oxygen atoms in total. The van der Waals surface area contributed by atoms with E-state index >= 15 is 0 Å². The molecule has 4 N–H and O–H groups in total. The lowest BCUT2D eigenvalue weighted by molar-refractivity contribution is 0.0691. The summed E-state index contributed by atoms with van der Waals surface area (Å²) in [6.07, 6.45) is 0.370. The fraction of sp³-hybridized carbons (Fsp3) is 0.259. The Labute approximate surface area is 209 Å². The van der Waals surface area contributed by atoms with Crippen LogP contribution >= 0.6 is 12.4 Å². The molecule has 35 heavy (non-hydrogen) atoms. The van der Waals surface area contributed by atoms with Gasteiger partial charge in [0.2, 0.25) is 0 Å². The van der Waals surface area contributed by atoms with Gasteiger partial charge in [-0.2, -0.15) is 0 Å². The number of carboxylic acid groups (broad SMARTS) is 1. The number of rotatable bonds is 7. The normalized spacial score (nSPS) is 11.4. The van der Waals surface area contributed by atoms with Crippen molar-refractivity contribution >= 4 is 29.3 Å². The molecule has 0 aliphatic rings. The van der Waals surface area contributed by atoms with Crippen molar-refractivity contribution in [2.45, 2.75) is 39.3 Å². The van der Waals surface area contributed by atoms with Gasteiger partial charge in [0.25, 0.3) is 5.56 Å². The third kappa shape index (κ3) is 4.83. The summed E-state index contributed by atoms with van der Waals surface area (Å²) >= 11 is 0. The first kappa shape index (κ1) is 26.1. The van der Waals surface area contributed by atoms with Crippen molar-refractivity contribution in [1.29, 1.82) is 0 Å². The zero-order valence-electron chi connectivity index (χ0n) is 20.2. The SMILES string of the molecule is CCc1c(-c2ccc3c(c2)cc(CNC(C)(C)c2ccccc2)n3C)[nH]c(=O)c(C(=O)O)c1O.Cl. The van der Waals surface area contributed by atoms with Gasteiger partial charge in [-0.1, -0.05) is 43.3 Å². The molecule has 0 bridgehead atoms. The number of hydrogen-bond acceptors (Lipinski definition) is 4. The average molecular weight is 496 g/mol. The van der Waals surface area contributed by atoms with Gasteiger partial charge in [-0.25, -0.2) is 4.79 Å². The van der Waals surface area contributed by atoms with Crippen LogP contribution in [-0.2, 0) is 25.6 Å². The molecule has 0 unspecified atom stereocenters. The Morgan fingerprint density at radius 3 is 2.43 bits per heavy atom. The maximum Gasteiger partial charge on any atom is 0.345 e. The Bertz CT molecular complexity index is 1440.